The van der Waals surface area contributed by atoms with Crippen LogP contribution in [0.5, 0.6) is 0 Å². The van der Waals surface area contributed by atoms with E-state index in [4.69, 9.17) is 5.73 Å². The van der Waals surface area contributed by atoms with Gasteiger partial charge in [-0.3, -0.25) is 4.79 Å². The molecule has 0 atom stereocenters. The van der Waals surface area contributed by atoms with Crippen LogP contribution in [0.25, 0.3) is 0 Å². The van der Waals surface area contributed by atoms with Gasteiger partial charge in [0.1, 0.15) is 5.69 Å². The SMILES string of the molecule is NC(=O)c1csc(Nc2ccccc2)n1. The number of para-hydroxylation sites is 1. The summed E-state index contributed by atoms with van der Waals surface area (Å²) in [5.41, 5.74) is 6.32. The van der Waals surface area contributed by atoms with E-state index in [9.17, 15) is 4.79 Å². The van der Waals surface area contributed by atoms with Crippen LogP contribution in [0.15, 0.2) is 35.7 Å². The number of nitrogens with one attached hydrogen (secondary N) is 1. The smallest absolute Gasteiger partial charge is 0.268 e. The van der Waals surface area contributed by atoms with Crippen molar-refractivity contribution < 1.29 is 4.79 Å². The zero-order valence-electron chi connectivity index (χ0n) is 7.81. The summed E-state index contributed by atoms with van der Waals surface area (Å²) in [5.74, 6) is -0.507. The zero-order valence-corrected chi connectivity index (χ0v) is 8.62. The highest BCUT2D eigenvalue weighted by Gasteiger charge is 2.06. The van der Waals surface area contributed by atoms with Crippen molar-refractivity contribution in [2.75, 3.05) is 5.32 Å². The molecule has 0 aliphatic heterocycles. The first-order chi connectivity index (χ1) is 7.25. The van der Waals surface area contributed by atoms with Gasteiger partial charge in [-0.05, 0) is 12.1 Å². The van der Waals surface area contributed by atoms with Crippen LogP contribution >= 0.6 is 11.3 Å². The molecule has 0 bridgehead atoms. The summed E-state index contributed by atoms with van der Waals surface area (Å²) in [5, 5.41) is 5.37. The van der Waals surface area contributed by atoms with Gasteiger partial charge in [-0.25, -0.2) is 4.98 Å². The van der Waals surface area contributed by atoms with Crippen LogP contribution in [0.2, 0.25) is 0 Å². The Kier molecular flexibility index (Phi) is 2.64. The van der Waals surface area contributed by atoms with Crippen LogP contribution < -0.4 is 11.1 Å². The quantitative estimate of drug-likeness (QED) is 0.829. The number of anilines is 2. The Morgan fingerprint density at radius 1 is 1.33 bits per heavy atom. The van der Waals surface area contributed by atoms with Crippen LogP contribution in [0.3, 0.4) is 0 Å². The van der Waals surface area contributed by atoms with Gasteiger partial charge in [-0.15, -0.1) is 11.3 Å². The van der Waals surface area contributed by atoms with Crippen molar-refractivity contribution in [3.63, 3.8) is 0 Å². The topological polar surface area (TPSA) is 68.0 Å². The Morgan fingerprint density at radius 3 is 2.67 bits per heavy atom. The van der Waals surface area contributed by atoms with Crippen LogP contribution in [-0.4, -0.2) is 10.9 Å². The molecule has 2 aromatic rings. The van der Waals surface area contributed by atoms with Crippen molar-refractivity contribution in [3.05, 3.63) is 41.4 Å². The molecule has 0 saturated carbocycles. The summed E-state index contributed by atoms with van der Waals surface area (Å²) in [6.07, 6.45) is 0. The number of primary amides is 1. The van der Waals surface area contributed by atoms with Gasteiger partial charge >= 0.3 is 0 Å². The second kappa shape index (κ2) is 4.10. The van der Waals surface area contributed by atoms with E-state index in [0.29, 0.717) is 10.8 Å². The number of nitrogens with zero attached hydrogens (tertiary/aromatic N) is 1. The van der Waals surface area contributed by atoms with E-state index in [1.54, 1.807) is 5.38 Å². The van der Waals surface area contributed by atoms with Crippen LogP contribution in [0.1, 0.15) is 10.5 Å². The third-order valence-electron chi connectivity index (χ3n) is 1.78. The number of amides is 1. The first-order valence-electron chi connectivity index (χ1n) is 4.33. The van der Waals surface area contributed by atoms with Gasteiger partial charge in [0, 0.05) is 11.1 Å². The van der Waals surface area contributed by atoms with Crippen molar-refractivity contribution in [1.29, 1.82) is 0 Å². The van der Waals surface area contributed by atoms with Gasteiger partial charge in [-0.1, -0.05) is 18.2 Å². The Bertz CT molecular complexity index is 467. The molecule has 1 aromatic heterocycles. The number of hydrogen-bond acceptors (Lipinski definition) is 4. The van der Waals surface area contributed by atoms with Gasteiger partial charge in [0.25, 0.3) is 5.91 Å². The summed E-state index contributed by atoms with van der Waals surface area (Å²) in [4.78, 5) is 14.8. The van der Waals surface area contributed by atoms with E-state index in [-0.39, 0.29) is 0 Å². The molecule has 76 valence electrons. The van der Waals surface area contributed by atoms with Gasteiger partial charge in [0.2, 0.25) is 0 Å². The second-order valence-electron chi connectivity index (χ2n) is 2.89. The van der Waals surface area contributed by atoms with E-state index in [1.165, 1.54) is 11.3 Å². The molecule has 2 rings (SSSR count). The summed E-state index contributed by atoms with van der Waals surface area (Å²) >= 11 is 1.35. The molecule has 4 nitrogen and oxygen atoms in total. The fraction of sp³-hybridized carbons (Fsp3) is 0. The highest BCUT2D eigenvalue weighted by Crippen LogP contribution is 2.20. The normalized spacial score (nSPS) is 9.87. The fourth-order valence-corrected chi connectivity index (χ4v) is 1.81. The van der Waals surface area contributed by atoms with Crippen molar-refractivity contribution in [2.45, 2.75) is 0 Å². The lowest BCUT2D eigenvalue weighted by molar-refractivity contribution is 0.0996. The van der Waals surface area contributed by atoms with Crippen molar-refractivity contribution in [1.82, 2.24) is 4.98 Å². The van der Waals surface area contributed by atoms with E-state index in [2.05, 4.69) is 10.3 Å². The molecule has 0 aliphatic rings. The maximum Gasteiger partial charge on any atom is 0.268 e. The molecule has 3 N–H and O–H groups in total. The first-order valence-corrected chi connectivity index (χ1v) is 5.21. The highest BCUT2D eigenvalue weighted by atomic mass is 32.1. The van der Waals surface area contributed by atoms with E-state index in [0.717, 1.165) is 5.69 Å². The predicted molar refractivity (Wildman–Crippen MR) is 60.4 cm³/mol. The molecular formula is C10H9N3OS. The van der Waals surface area contributed by atoms with Crippen molar-refractivity contribution in [3.8, 4) is 0 Å². The molecule has 15 heavy (non-hydrogen) atoms. The van der Waals surface area contributed by atoms with E-state index < -0.39 is 5.91 Å². The highest BCUT2D eigenvalue weighted by molar-refractivity contribution is 7.14. The standard InChI is InChI=1S/C10H9N3OS/c11-9(14)8-6-15-10(13-8)12-7-4-2-1-3-5-7/h1-6H,(H2,11,14)(H,12,13). The van der Waals surface area contributed by atoms with Gasteiger partial charge in [0.15, 0.2) is 5.13 Å². The summed E-state index contributed by atoms with van der Waals surface area (Å²) < 4.78 is 0. The summed E-state index contributed by atoms with van der Waals surface area (Å²) in [6, 6.07) is 9.62. The number of thiazole rings is 1. The van der Waals surface area contributed by atoms with Gasteiger partial charge in [0.05, 0.1) is 0 Å². The molecule has 0 saturated heterocycles. The van der Waals surface area contributed by atoms with Crippen molar-refractivity contribution in [2.24, 2.45) is 5.73 Å². The largest absolute Gasteiger partial charge is 0.364 e. The monoisotopic (exact) mass is 219 g/mol. The average Bonchev–Trinajstić information content (AvgIpc) is 2.68. The second-order valence-corrected chi connectivity index (χ2v) is 3.75. The Labute approximate surface area is 90.8 Å². The summed E-state index contributed by atoms with van der Waals surface area (Å²) in [7, 11) is 0. The first kappa shape index (κ1) is 9.67. The maximum atomic E-state index is 10.8. The Morgan fingerprint density at radius 2 is 2.07 bits per heavy atom. The molecular weight excluding hydrogens is 210 g/mol. The molecule has 1 amide bonds. The number of benzene rings is 1. The molecule has 1 aromatic carbocycles. The molecule has 5 heteroatoms. The molecule has 1 heterocycles. The van der Waals surface area contributed by atoms with Crippen LogP contribution in [0.4, 0.5) is 10.8 Å². The lowest BCUT2D eigenvalue weighted by atomic mass is 10.3. The van der Waals surface area contributed by atoms with Crippen molar-refractivity contribution >= 4 is 28.1 Å². The number of nitrogens with two attached hydrogens (primary N) is 1. The molecule has 0 fully saturated rings. The number of aromatic nitrogens is 1. The minimum atomic E-state index is -0.507. The molecule has 0 spiro atoms. The summed E-state index contributed by atoms with van der Waals surface area (Å²) in [6.45, 7) is 0. The predicted octanol–water partition coefficient (Wildman–Crippen LogP) is 1.99. The maximum absolute atomic E-state index is 10.8. The minimum absolute atomic E-state index is 0.290. The van der Waals surface area contributed by atoms with Gasteiger partial charge < -0.3 is 11.1 Å². The van der Waals surface area contributed by atoms with Crippen LogP contribution in [-0.2, 0) is 0 Å². The van der Waals surface area contributed by atoms with Crippen LogP contribution in [0, 0.1) is 0 Å². The van der Waals surface area contributed by atoms with E-state index in [1.807, 2.05) is 30.3 Å². The third kappa shape index (κ3) is 2.32. The number of carbonyl (C=O) groups is 1. The van der Waals surface area contributed by atoms with E-state index >= 15 is 0 Å². The fourth-order valence-electron chi connectivity index (χ4n) is 1.09. The van der Waals surface area contributed by atoms with Gasteiger partial charge in [-0.2, -0.15) is 0 Å². The Hall–Kier alpha value is -1.88. The molecule has 0 radical (unpaired) electrons. The zero-order chi connectivity index (χ0) is 10.7. The molecule has 0 unspecified atom stereocenters. The minimum Gasteiger partial charge on any atom is -0.364 e. The average molecular weight is 219 g/mol. The number of rotatable bonds is 3. The molecule has 0 aliphatic carbocycles. The number of carbonyl (C=O) groups excluding carboxylic acids is 1. The lowest BCUT2D eigenvalue weighted by Crippen LogP contribution is -2.11. The number of hydrogen-bond donors (Lipinski definition) is 2. The third-order valence-corrected chi connectivity index (χ3v) is 2.54. The Balaban J connectivity index is 2.15. The lowest BCUT2D eigenvalue weighted by Gasteiger charge is -2.00.